The highest BCUT2D eigenvalue weighted by Crippen LogP contribution is 2.36. The first-order valence-electron chi connectivity index (χ1n) is 5.55. The third-order valence-electron chi connectivity index (χ3n) is 3.08. The van der Waals surface area contributed by atoms with Gasteiger partial charge in [-0.25, -0.2) is 4.98 Å². The summed E-state index contributed by atoms with van der Waals surface area (Å²) in [6.45, 7) is 6.02. The van der Waals surface area contributed by atoms with Crippen LogP contribution in [0.2, 0.25) is 15.2 Å². The monoisotopic (exact) mass is 365 g/mol. The summed E-state index contributed by atoms with van der Waals surface area (Å²) in [6.07, 6.45) is 1.56. The van der Waals surface area contributed by atoms with Crippen LogP contribution in [0.1, 0.15) is 18.5 Å². The summed E-state index contributed by atoms with van der Waals surface area (Å²) in [5.41, 5.74) is 0.871. The zero-order valence-electron chi connectivity index (χ0n) is 10.3. The molecule has 3 nitrogen and oxygen atoms in total. The van der Waals surface area contributed by atoms with E-state index in [4.69, 9.17) is 34.8 Å². The highest BCUT2D eigenvalue weighted by atomic mass is 35.5. The molecule has 110 valence electrons. The van der Waals surface area contributed by atoms with Gasteiger partial charge in [0.05, 0.1) is 10.0 Å². The van der Waals surface area contributed by atoms with Gasteiger partial charge in [-0.2, -0.15) is 0 Å². The van der Waals surface area contributed by atoms with Crippen molar-refractivity contribution >= 4 is 59.6 Å². The predicted molar refractivity (Wildman–Crippen MR) is 86.6 cm³/mol. The number of nitrogens with one attached hydrogen (secondary N) is 1. The second kappa shape index (κ2) is 8.73. The largest absolute Gasteiger partial charge is 0.314 e. The van der Waals surface area contributed by atoms with Crippen LogP contribution in [0.5, 0.6) is 0 Å². The molecule has 0 spiro atoms. The average Bonchev–Trinajstić information content (AvgIpc) is 2.35. The molecule has 2 rings (SSSR count). The standard InChI is InChI=1S/C11H14Cl3N3.2ClH/c1-7(17-4-2-15-3-5-17)9-8(12)6-16-11(14)10(9)13;;/h6-7,15H,2-5H2,1H3;2*1H/t7-;;/m0../s1. The number of halogens is 5. The second-order valence-corrected chi connectivity index (χ2v) is 5.23. The number of hydrogen-bond donors (Lipinski definition) is 1. The van der Waals surface area contributed by atoms with Gasteiger partial charge in [0.2, 0.25) is 0 Å². The Hall–Kier alpha value is 0.520. The van der Waals surface area contributed by atoms with E-state index in [0.29, 0.717) is 15.2 Å². The summed E-state index contributed by atoms with van der Waals surface area (Å²) in [6, 6.07) is 0.151. The molecule has 1 aromatic rings. The Morgan fingerprint density at radius 2 is 1.79 bits per heavy atom. The molecule has 1 aliphatic rings. The number of piperazine rings is 1. The summed E-state index contributed by atoms with van der Waals surface area (Å²) in [4.78, 5) is 6.27. The van der Waals surface area contributed by atoms with Gasteiger partial charge in [0.15, 0.2) is 0 Å². The number of rotatable bonds is 2. The molecule has 1 saturated heterocycles. The van der Waals surface area contributed by atoms with Crippen molar-refractivity contribution in [1.29, 1.82) is 0 Å². The second-order valence-electron chi connectivity index (χ2n) is 4.09. The van der Waals surface area contributed by atoms with Gasteiger partial charge in [0, 0.05) is 44.0 Å². The van der Waals surface area contributed by atoms with Gasteiger partial charge in [-0.05, 0) is 6.92 Å². The lowest BCUT2D eigenvalue weighted by Crippen LogP contribution is -2.44. The van der Waals surface area contributed by atoms with Gasteiger partial charge >= 0.3 is 0 Å². The molecule has 2 heterocycles. The molecule has 0 aliphatic carbocycles. The van der Waals surface area contributed by atoms with Crippen molar-refractivity contribution in [2.24, 2.45) is 0 Å². The van der Waals surface area contributed by atoms with E-state index >= 15 is 0 Å². The fourth-order valence-corrected chi connectivity index (χ4v) is 2.90. The molecule has 0 saturated carbocycles. The summed E-state index contributed by atoms with van der Waals surface area (Å²) < 4.78 is 0. The minimum absolute atomic E-state index is 0. The summed E-state index contributed by atoms with van der Waals surface area (Å²) >= 11 is 18.3. The van der Waals surface area contributed by atoms with Gasteiger partial charge in [-0.15, -0.1) is 24.8 Å². The third kappa shape index (κ3) is 4.50. The zero-order valence-corrected chi connectivity index (χ0v) is 14.2. The summed E-state index contributed by atoms with van der Waals surface area (Å²) in [5.74, 6) is 0. The van der Waals surface area contributed by atoms with Crippen LogP contribution in [0.25, 0.3) is 0 Å². The van der Waals surface area contributed by atoms with E-state index in [1.165, 1.54) is 0 Å². The minimum Gasteiger partial charge on any atom is -0.314 e. The van der Waals surface area contributed by atoms with E-state index in [0.717, 1.165) is 31.7 Å². The van der Waals surface area contributed by atoms with Crippen molar-refractivity contribution in [1.82, 2.24) is 15.2 Å². The predicted octanol–water partition coefficient (Wildman–Crippen LogP) is 3.85. The van der Waals surface area contributed by atoms with Crippen LogP contribution in [0.4, 0.5) is 0 Å². The Morgan fingerprint density at radius 3 is 2.37 bits per heavy atom. The lowest BCUT2D eigenvalue weighted by atomic mass is 10.1. The molecule has 1 atom stereocenters. The van der Waals surface area contributed by atoms with E-state index in [1.54, 1.807) is 6.20 Å². The smallest absolute Gasteiger partial charge is 0.148 e. The lowest BCUT2D eigenvalue weighted by molar-refractivity contribution is 0.185. The van der Waals surface area contributed by atoms with Crippen LogP contribution in [-0.4, -0.2) is 36.1 Å². The molecule has 1 fully saturated rings. The van der Waals surface area contributed by atoms with Crippen LogP contribution in [0.15, 0.2) is 6.20 Å². The molecular weight excluding hydrogens is 351 g/mol. The number of nitrogens with zero attached hydrogens (tertiary/aromatic N) is 2. The minimum atomic E-state index is 0. The Balaban J connectivity index is 0.00000162. The van der Waals surface area contributed by atoms with Crippen molar-refractivity contribution in [3.63, 3.8) is 0 Å². The van der Waals surface area contributed by atoms with Crippen molar-refractivity contribution in [2.45, 2.75) is 13.0 Å². The highest BCUT2D eigenvalue weighted by molar-refractivity contribution is 6.43. The molecular formula is C11H16Cl5N3. The Morgan fingerprint density at radius 1 is 1.21 bits per heavy atom. The molecule has 1 aromatic heterocycles. The fourth-order valence-electron chi connectivity index (χ4n) is 2.09. The Labute approximate surface area is 140 Å². The van der Waals surface area contributed by atoms with Crippen LogP contribution >= 0.6 is 59.6 Å². The molecule has 0 amide bonds. The molecule has 0 unspecified atom stereocenters. The van der Waals surface area contributed by atoms with E-state index in [9.17, 15) is 0 Å². The number of pyridine rings is 1. The van der Waals surface area contributed by atoms with E-state index in [2.05, 4.69) is 22.1 Å². The quantitative estimate of drug-likeness (QED) is 0.805. The van der Waals surface area contributed by atoms with Crippen LogP contribution in [0.3, 0.4) is 0 Å². The van der Waals surface area contributed by atoms with E-state index < -0.39 is 0 Å². The first kappa shape index (κ1) is 19.5. The van der Waals surface area contributed by atoms with Crippen LogP contribution in [0, 0.1) is 0 Å². The molecule has 1 aliphatic heterocycles. The highest BCUT2D eigenvalue weighted by Gasteiger charge is 2.23. The lowest BCUT2D eigenvalue weighted by Gasteiger charge is -2.33. The van der Waals surface area contributed by atoms with Crippen molar-refractivity contribution in [3.8, 4) is 0 Å². The summed E-state index contributed by atoms with van der Waals surface area (Å²) in [5, 5.41) is 4.67. The molecule has 19 heavy (non-hydrogen) atoms. The first-order valence-corrected chi connectivity index (χ1v) is 6.69. The van der Waals surface area contributed by atoms with Crippen molar-refractivity contribution in [2.75, 3.05) is 26.2 Å². The topological polar surface area (TPSA) is 28.2 Å². The van der Waals surface area contributed by atoms with Crippen molar-refractivity contribution < 1.29 is 0 Å². The molecule has 0 radical (unpaired) electrons. The van der Waals surface area contributed by atoms with Gasteiger partial charge in [-0.3, -0.25) is 4.90 Å². The third-order valence-corrected chi connectivity index (χ3v) is 4.15. The Bertz CT molecular complexity index is 410. The maximum atomic E-state index is 6.19. The van der Waals surface area contributed by atoms with Gasteiger partial charge in [0.1, 0.15) is 5.15 Å². The van der Waals surface area contributed by atoms with E-state index in [1.807, 2.05) is 0 Å². The summed E-state index contributed by atoms with van der Waals surface area (Å²) in [7, 11) is 0. The van der Waals surface area contributed by atoms with E-state index in [-0.39, 0.29) is 30.9 Å². The van der Waals surface area contributed by atoms with Crippen molar-refractivity contribution in [3.05, 3.63) is 27.0 Å². The molecule has 1 N–H and O–H groups in total. The number of hydrogen-bond acceptors (Lipinski definition) is 3. The fraction of sp³-hybridized carbons (Fsp3) is 0.545. The molecule has 8 heteroatoms. The van der Waals surface area contributed by atoms with Gasteiger partial charge in [0.25, 0.3) is 0 Å². The van der Waals surface area contributed by atoms with Gasteiger partial charge in [-0.1, -0.05) is 34.8 Å². The molecule has 0 bridgehead atoms. The van der Waals surface area contributed by atoms with Gasteiger partial charge < -0.3 is 5.32 Å². The Kier molecular flexibility index (Phi) is 8.97. The van der Waals surface area contributed by atoms with Crippen LogP contribution in [-0.2, 0) is 0 Å². The average molecular weight is 368 g/mol. The maximum absolute atomic E-state index is 6.19. The first-order chi connectivity index (χ1) is 8.11. The number of aromatic nitrogens is 1. The SMILES string of the molecule is C[C@@H](c1c(Cl)cnc(Cl)c1Cl)N1CCNCC1.Cl.Cl. The maximum Gasteiger partial charge on any atom is 0.148 e. The van der Waals surface area contributed by atoms with Crippen LogP contribution < -0.4 is 5.32 Å². The normalized spacial score (nSPS) is 17.3. The molecule has 0 aromatic carbocycles. The zero-order chi connectivity index (χ0) is 12.4.